The molecule has 0 aromatic carbocycles. The van der Waals surface area contributed by atoms with Crippen molar-refractivity contribution in [2.75, 3.05) is 13.2 Å². The predicted octanol–water partition coefficient (Wildman–Crippen LogP) is 3.10. The molecule has 1 aliphatic rings. The predicted molar refractivity (Wildman–Crippen MR) is 64.9 cm³/mol. The lowest BCUT2D eigenvalue weighted by molar-refractivity contribution is 0.0968. The summed E-state index contributed by atoms with van der Waals surface area (Å²) in [6, 6.07) is 0. The normalized spacial score (nSPS) is 22.2. The molecule has 1 rings (SSSR count). The highest BCUT2D eigenvalue weighted by Gasteiger charge is 2.24. The molecule has 0 aromatic heterocycles. The van der Waals surface area contributed by atoms with Gasteiger partial charge in [0.05, 0.1) is 6.10 Å². The lowest BCUT2D eigenvalue weighted by Gasteiger charge is -2.30. The minimum atomic E-state index is 0.401. The third-order valence-corrected chi connectivity index (χ3v) is 4.19. The van der Waals surface area contributed by atoms with Crippen LogP contribution >= 0.6 is 0 Å². The molecule has 0 amide bonds. The van der Waals surface area contributed by atoms with Gasteiger partial charge in [-0.1, -0.05) is 20.3 Å². The van der Waals surface area contributed by atoms with E-state index in [1.54, 1.807) is 0 Å². The van der Waals surface area contributed by atoms with Crippen LogP contribution in [0.25, 0.3) is 0 Å². The van der Waals surface area contributed by atoms with Gasteiger partial charge in [0.25, 0.3) is 0 Å². The van der Waals surface area contributed by atoms with E-state index in [1.807, 2.05) is 0 Å². The van der Waals surface area contributed by atoms with E-state index in [9.17, 15) is 0 Å². The second-order valence-corrected chi connectivity index (χ2v) is 4.94. The first-order valence-electron chi connectivity index (χ1n) is 6.58. The van der Waals surface area contributed by atoms with Crippen LogP contribution in [0.1, 0.15) is 58.8 Å². The molecule has 2 heteroatoms. The third-order valence-electron chi connectivity index (χ3n) is 4.19. The minimum absolute atomic E-state index is 0.401. The number of rotatable bonds is 7. The van der Waals surface area contributed by atoms with Crippen LogP contribution in [0.4, 0.5) is 0 Å². The van der Waals surface area contributed by atoms with Crippen molar-refractivity contribution in [2.45, 2.75) is 64.9 Å². The summed E-state index contributed by atoms with van der Waals surface area (Å²) in [5.74, 6) is 0. The zero-order valence-electron chi connectivity index (χ0n) is 10.4. The van der Waals surface area contributed by atoms with Crippen molar-refractivity contribution >= 4 is 0 Å². The molecule has 15 heavy (non-hydrogen) atoms. The summed E-state index contributed by atoms with van der Waals surface area (Å²) in [7, 11) is 0. The molecule has 0 bridgehead atoms. The monoisotopic (exact) mass is 213 g/mol. The molecule has 0 aromatic rings. The summed E-state index contributed by atoms with van der Waals surface area (Å²) in [5.41, 5.74) is 6.29. The van der Waals surface area contributed by atoms with Gasteiger partial charge in [0.2, 0.25) is 0 Å². The van der Waals surface area contributed by atoms with Crippen molar-refractivity contribution in [2.24, 2.45) is 11.1 Å². The smallest absolute Gasteiger partial charge is 0.0576 e. The van der Waals surface area contributed by atoms with E-state index >= 15 is 0 Å². The van der Waals surface area contributed by atoms with Gasteiger partial charge in [0.1, 0.15) is 0 Å². The zero-order chi connectivity index (χ0) is 11.1. The van der Waals surface area contributed by atoms with Crippen molar-refractivity contribution in [3.05, 3.63) is 0 Å². The highest BCUT2D eigenvalue weighted by molar-refractivity contribution is 4.78. The van der Waals surface area contributed by atoms with Crippen LogP contribution in [-0.4, -0.2) is 19.3 Å². The highest BCUT2D eigenvalue weighted by atomic mass is 16.5. The molecule has 2 nitrogen and oxygen atoms in total. The fourth-order valence-corrected chi connectivity index (χ4v) is 2.57. The molecule has 1 aliphatic heterocycles. The number of nitrogens with two attached hydrogens (primary N) is 1. The van der Waals surface area contributed by atoms with Crippen LogP contribution in [0.15, 0.2) is 0 Å². The summed E-state index contributed by atoms with van der Waals surface area (Å²) in [4.78, 5) is 0. The van der Waals surface area contributed by atoms with Crippen molar-refractivity contribution < 1.29 is 4.74 Å². The minimum Gasteiger partial charge on any atom is -0.378 e. The molecule has 1 unspecified atom stereocenters. The molecular weight excluding hydrogens is 186 g/mol. The van der Waals surface area contributed by atoms with Gasteiger partial charge in [-0.05, 0) is 50.5 Å². The van der Waals surface area contributed by atoms with Gasteiger partial charge >= 0.3 is 0 Å². The van der Waals surface area contributed by atoms with Crippen LogP contribution < -0.4 is 5.73 Å². The van der Waals surface area contributed by atoms with Crippen LogP contribution in [-0.2, 0) is 4.74 Å². The first kappa shape index (κ1) is 13.0. The Kier molecular flexibility index (Phi) is 5.62. The first-order chi connectivity index (χ1) is 7.26. The molecule has 1 fully saturated rings. The number of ether oxygens (including phenoxy) is 1. The zero-order valence-corrected chi connectivity index (χ0v) is 10.4. The molecule has 0 spiro atoms. The lowest BCUT2D eigenvalue weighted by Crippen LogP contribution is -2.29. The van der Waals surface area contributed by atoms with Crippen molar-refractivity contribution in [3.8, 4) is 0 Å². The summed E-state index contributed by atoms with van der Waals surface area (Å²) < 4.78 is 5.64. The van der Waals surface area contributed by atoms with E-state index in [2.05, 4.69) is 13.8 Å². The summed E-state index contributed by atoms with van der Waals surface area (Å²) in [6.07, 6.45) is 9.30. The molecule has 1 saturated heterocycles. The Morgan fingerprint density at radius 1 is 1.33 bits per heavy atom. The molecule has 0 saturated carbocycles. The fourth-order valence-electron chi connectivity index (χ4n) is 2.57. The summed E-state index contributed by atoms with van der Waals surface area (Å²) in [6.45, 7) is 6.35. The van der Waals surface area contributed by atoms with E-state index < -0.39 is 0 Å². The van der Waals surface area contributed by atoms with E-state index in [-0.39, 0.29) is 0 Å². The lowest BCUT2D eigenvalue weighted by atomic mass is 9.78. The maximum atomic E-state index is 5.89. The Morgan fingerprint density at radius 3 is 2.53 bits per heavy atom. The van der Waals surface area contributed by atoms with E-state index in [0.29, 0.717) is 11.5 Å². The molecular formula is C13H27NO. The second-order valence-electron chi connectivity index (χ2n) is 4.94. The van der Waals surface area contributed by atoms with E-state index in [1.165, 1.54) is 44.9 Å². The van der Waals surface area contributed by atoms with Gasteiger partial charge in [-0.3, -0.25) is 0 Å². The quantitative estimate of drug-likeness (QED) is 0.705. The van der Waals surface area contributed by atoms with Gasteiger partial charge in [-0.25, -0.2) is 0 Å². The number of hydrogen-bond donors (Lipinski definition) is 1. The maximum Gasteiger partial charge on any atom is 0.0576 e. The maximum absolute atomic E-state index is 5.89. The Hall–Kier alpha value is -0.0800. The highest BCUT2D eigenvalue weighted by Crippen LogP contribution is 2.32. The van der Waals surface area contributed by atoms with Gasteiger partial charge in [0.15, 0.2) is 0 Å². The topological polar surface area (TPSA) is 35.2 Å². The van der Waals surface area contributed by atoms with Gasteiger partial charge in [-0.2, -0.15) is 0 Å². The Balaban J connectivity index is 2.21. The van der Waals surface area contributed by atoms with Crippen LogP contribution in [0.5, 0.6) is 0 Å². The van der Waals surface area contributed by atoms with Crippen LogP contribution in [0.2, 0.25) is 0 Å². The standard InChI is InChI=1S/C13H27NO/c1-3-13(4-2,11-14)9-5-7-12-8-6-10-15-12/h12H,3-11,14H2,1-2H3. The molecule has 2 N–H and O–H groups in total. The number of hydrogen-bond acceptors (Lipinski definition) is 2. The van der Waals surface area contributed by atoms with Crippen molar-refractivity contribution in [3.63, 3.8) is 0 Å². The van der Waals surface area contributed by atoms with Gasteiger partial charge in [-0.15, -0.1) is 0 Å². The first-order valence-corrected chi connectivity index (χ1v) is 6.58. The Labute approximate surface area is 94.6 Å². The Bertz CT molecular complexity index is 152. The summed E-state index contributed by atoms with van der Waals surface area (Å²) >= 11 is 0. The summed E-state index contributed by atoms with van der Waals surface area (Å²) in [5, 5.41) is 0. The third kappa shape index (κ3) is 3.76. The van der Waals surface area contributed by atoms with Crippen molar-refractivity contribution in [1.82, 2.24) is 0 Å². The fraction of sp³-hybridized carbons (Fsp3) is 1.00. The Morgan fingerprint density at radius 2 is 2.07 bits per heavy atom. The molecule has 0 aliphatic carbocycles. The average molecular weight is 213 g/mol. The largest absolute Gasteiger partial charge is 0.378 e. The second kappa shape index (κ2) is 6.49. The average Bonchev–Trinajstić information content (AvgIpc) is 2.78. The van der Waals surface area contributed by atoms with Crippen molar-refractivity contribution in [1.29, 1.82) is 0 Å². The SMILES string of the molecule is CCC(CC)(CN)CCCC1CCCO1. The van der Waals surface area contributed by atoms with E-state index in [0.717, 1.165) is 13.2 Å². The van der Waals surface area contributed by atoms with Gasteiger partial charge in [0, 0.05) is 6.61 Å². The molecule has 90 valence electrons. The molecule has 0 radical (unpaired) electrons. The van der Waals surface area contributed by atoms with Crippen LogP contribution in [0.3, 0.4) is 0 Å². The van der Waals surface area contributed by atoms with E-state index in [4.69, 9.17) is 10.5 Å². The molecule has 1 atom stereocenters. The molecule has 1 heterocycles. The van der Waals surface area contributed by atoms with Gasteiger partial charge < -0.3 is 10.5 Å². The van der Waals surface area contributed by atoms with Crippen LogP contribution in [0, 0.1) is 5.41 Å².